The Hall–Kier alpha value is 4.17. The van der Waals surface area contributed by atoms with Crippen molar-refractivity contribution in [1.29, 1.82) is 0 Å². The molecule has 94 heavy (non-hydrogen) atoms. The van der Waals surface area contributed by atoms with E-state index in [1.54, 1.807) is 0 Å². The Morgan fingerprint density at radius 2 is 0.255 bits per heavy atom. The van der Waals surface area contributed by atoms with Crippen LogP contribution in [-0.4, -0.2) is 52.9 Å². The molecule has 22 heteroatoms. The summed E-state index contributed by atoms with van der Waals surface area (Å²) < 4.78 is 53.3. The van der Waals surface area contributed by atoms with Gasteiger partial charge in [-0.2, -0.15) is 0 Å². The molecule has 0 aromatic heterocycles. The van der Waals surface area contributed by atoms with Gasteiger partial charge in [-0.15, -0.1) is 0 Å². The Kier molecular flexibility index (Phi) is 102. The van der Waals surface area contributed by atoms with Gasteiger partial charge in [-0.25, -0.2) is 0 Å². The van der Waals surface area contributed by atoms with E-state index < -0.39 is 22.8 Å². The number of unbranched alkanes of at least 4 members (excludes halogenated alkanes) is 48. The van der Waals surface area contributed by atoms with Gasteiger partial charge in [0.2, 0.25) is 0 Å². The van der Waals surface area contributed by atoms with Crippen LogP contribution in [-0.2, 0) is 156 Å². The fourth-order valence-corrected chi connectivity index (χ4v) is 16.7. The van der Waals surface area contributed by atoms with E-state index in [1.165, 1.54) is 308 Å². The molecule has 0 aromatic rings. The number of rotatable bonds is 72. The first kappa shape index (κ1) is 107. The van der Waals surface area contributed by atoms with E-state index >= 15 is 0 Å². The third kappa shape index (κ3) is 103. The average molecular weight is 1640 g/mol. The molecule has 0 saturated heterocycles. The fraction of sp³-hybridized carbons (Fsp3) is 1.00. The van der Waals surface area contributed by atoms with Gasteiger partial charge in [0, 0.05) is 0 Å². The molecule has 0 saturated carbocycles. The molecule has 568 valence electrons. The second-order valence-electron chi connectivity index (χ2n) is 25.4. The van der Waals surface area contributed by atoms with Crippen molar-refractivity contribution < 1.29 is 59.4 Å². The van der Waals surface area contributed by atoms with E-state index in [9.17, 15) is 0 Å². The predicted molar refractivity (Wildman–Crippen MR) is 439 cm³/mol. The van der Waals surface area contributed by atoms with Crippen LogP contribution < -0.4 is 0 Å². The third-order valence-electron chi connectivity index (χ3n) is 16.0. The minimum atomic E-state index is -2.41. The summed E-state index contributed by atoms with van der Waals surface area (Å²) in [4.78, 5) is 0. The number of hydrogen-bond acceptors (Lipinski definition) is 17. The van der Waals surface area contributed by atoms with Crippen molar-refractivity contribution in [3.8, 4) is 0 Å². The van der Waals surface area contributed by atoms with Crippen molar-refractivity contribution in [2.75, 3.05) is 52.9 Å². The Balaban J connectivity index is -0.000000371. The summed E-state index contributed by atoms with van der Waals surface area (Å²) in [5.74, 6) is 0. The minimum absolute atomic E-state index is 0.672. The quantitative estimate of drug-likeness (QED) is 0.0250. The van der Waals surface area contributed by atoms with Crippen LogP contribution >= 0.6 is 22.8 Å². The maximum absolute atomic E-state index is 8.26. The Morgan fingerprint density at radius 3 is 0.340 bits per heavy atom. The summed E-state index contributed by atoms with van der Waals surface area (Å²) >= 11 is 43.1. The molecule has 0 aromatic carbocycles. The summed E-state index contributed by atoms with van der Waals surface area (Å²) in [6.07, 6.45) is 71.4. The molecular weight excluding hydrogens is 1490 g/mol. The van der Waals surface area contributed by atoms with Crippen LogP contribution in [0.1, 0.15) is 415 Å². The van der Waals surface area contributed by atoms with E-state index in [0.717, 1.165) is 51.4 Å². The fourth-order valence-electron chi connectivity index (χ4n) is 10.0. The molecular formula is C72H152MoO9P4S8. The molecule has 0 unspecified atom stereocenters. The van der Waals surface area contributed by atoms with Gasteiger partial charge >= 0.3 is 23.2 Å². The van der Waals surface area contributed by atoms with E-state index in [1.807, 2.05) is 0 Å². The van der Waals surface area contributed by atoms with Crippen LogP contribution in [0.25, 0.3) is 0 Å². The molecule has 0 N–H and O–H groups in total. The summed E-state index contributed by atoms with van der Waals surface area (Å²) in [6, 6.07) is 0. The zero-order valence-electron chi connectivity index (χ0n) is 62.4. The first-order valence-electron chi connectivity index (χ1n) is 39.1. The second-order valence-corrected chi connectivity index (χ2v) is 45.4. The Bertz CT molecular complexity index is 1310. The van der Waals surface area contributed by atoms with Crippen LogP contribution in [0.5, 0.6) is 0 Å². The molecule has 0 aliphatic carbocycles. The maximum atomic E-state index is 8.26. The zero-order chi connectivity index (χ0) is 70.9. The molecule has 0 aliphatic heterocycles. The van der Waals surface area contributed by atoms with Crippen LogP contribution in [0.4, 0.5) is 0 Å². The van der Waals surface area contributed by atoms with Crippen molar-refractivity contribution in [3.63, 3.8) is 0 Å². The van der Waals surface area contributed by atoms with Gasteiger partial charge in [-0.05, 0) is 51.4 Å². The van der Waals surface area contributed by atoms with Crippen molar-refractivity contribution in [2.24, 2.45) is 0 Å². The van der Waals surface area contributed by atoms with Crippen LogP contribution in [0.15, 0.2) is 0 Å². The monoisotopic (exact) mass is 1640 g/mol. The topological polar surface area (TPSA) is 90.9 Å². The molecule has 0 spiro atoms. The SMILES string of the molecule is CCCCCCCCCOP(=S)([S-])OCCCCCCCCC.CCCCCCCCCOP(=S)([S-])OCCCCCCCCC.CCCCCCCCCOP(=S)([S-])OCCCCCCCCC.CCCCCCCCCOP(=S)([S-])OCCCCCCCCC.[O]=[Mo+4]. The first-order valence-corrected chi connectivity index (χ1v) is 54.5. The van der Waals surface area contributed by atoms with Crippen LogP contribution in [0.2, 0.25) is 0 Å². The molecule has 0 radical (unpaired) electrons. The molecule has 0 heterocycles. The van der Waals surface area contributed by atoms with Gasteiger partial charge in [0.1, 0.15) is 0 Å². The van der Waals surface area contributed by atoms with E-state index in [-0.39, 0.29) is 0 Å². The summed E-state index contributed by atoms with van der Waals surface area (Å²) in [7, 11) is 0. The normalized spacial score (nSPS) is 11.8. The molecule has 0 fully saturated rings. The standard InChI is InChI=1S/4C18H39O2PS2.Mo.O/c4*1-3-5-7-9-11-13-15-17-19-21(22,23)20-18-16-14-12-10-8-6-4-2;;/h4*3-18H2,1-2H3,(H,22,23);;/q;;;;+4;/p-4. The van der Waals surface area contributed by atoms with Gasteiger partial charge in [-0.3, -0.25) is 0 Å². The molecule has 0 bridgehead atoms. The second kappa shape index (κ2) is 89.6. The molecule has 0 amide bonds. The number of hydrogen-bond donors (Lipinski definition) is 0. The Morgan fingerprint density at radius 1 is 0.181 bits per heavy atom. The van der Waals surface area contributed by atoms with Crippen molar-refractivity contribution in [3.05, 3.63) is 0 Å². The van der Waals surface area contributed by atoms with Gasteiger partial charge in [0.25, 0.3) is 0 Å². The van der Waals surface area contributed by atoms with E-state index in [2.05, 4.69) is 55.4 Å². The molecule has 0 rings (SSSR count). The molecule has 0 atom stereocenters. The Labute approximate surface area is 640 Å². The van der Waals surface area contributed by atoms with Gasteiger partial charge in [-0.1, -0.05) is 411 Å². The average Bonchev–Trinajstić information content (AvgIpc) is 3.41. The van der Waals surface area contributed by atoms with Crippen molar-refractivity contribution in [2.45, 2.75) is 415 Å². The third-order valence-corrected chi connectivity index (χ3v) is 25.0. The predicted octanol–water partition coefficient (Wildman–Crippen LogP) is 29.0. The molecule has 9 nitrogen and oxygen atoms in total. The van der Waals surface area contributed by atoms with Gasteiger partial charge in [0.15, 0.2) is 0 Å². The van der Waals surface area contributed by atoms with Crippen LogP contribution in [0, 0.1) is 0 Å². The zero-order valence-corrected chi connectivity index (χ0v) is 74.5. The van der Waals surface area contributed by atoms with Crippen molar-refractivity contribution in [1.82, 2.24) is 0 Å². The summed E-state index contributed by atoms with van der Waals surface area (Å²) in [6.45, 7) is 23.4. The van der Waals surface area contributed by atoms with Gasteiger partial charge in [0.05, 0.1) is 75.6 Å². The summed E-state index contributed by atoms with van der Waals surface area (Å²) in [5, 5.41) is 0. The van der Waals surface area contributed by atoms with Gasteiger partial charge < -0.3 is 85.2 Å². The summed E-state index contributed by atoms with van der Waals surface area (Å²) in [5.41, 5.74) is -9.63. The van der Waals surface area contributed by atoms with Crippen LogP contribution in [0.3, 0.4) is 0 Å². The van der Waals surface area contributed by atoms with Crippen molar-refractivity contribution >= 4 is 119 Å². The van der Waals surface area contributed by atoms with E-state index in [4.69, 9.17) is 136 Å². The van der Waals surface area contributed by atoms with E-state index in [0.29, 0.717) is 72.6 Å². The first-order chi connectivity index (χ1) is 45.5. The molecule has 0 aliphatic rings.